The van der Waals surface area contributed by atoms with E-state index >= 15 is 0 Å². The minimum absolute atomic E-state index is 1.08. The monoisotopic (exact) mass is 612 g/mol. The molecule has 1 N–H and O–H groups in total. The molecule has 9 aromatic rings. The average molecular weight is 613 g/mol. The first-order valence-electron chi connectivity index (χ1n) is 16.6. The van der Waals surface area contributed by atoms with E-state index in [-0.39, 0.29) is 0 Å². The van der Waals surface area contributed by atoms with E-state index in [1.165, 1.54) is 82.5 Å². The molecule has 10 rings (SSSR count). The Labute approximate surface area is 279 Å². The summed E-state index contributed by atoms with van der Waals surface area (Å²) in [6.45, 7) is 4.40. The van der Waals surface area contributed by atoms with Crippen LogP contribution in [0.5, 0.6) is 0 Å². The van der Waals surface area contributed by atoms with Crippen LogP contribution >= 0.6 is 0 Å². The van der Waals surface area contributed by atoms with Crippen LogP contribution in [-0.2, 0) is 0 Å². The molecule has 1 radical (unpaired) electrons. The van der Waals surface area contributed by atoms with E-state index in [2.05, 4.69) is 181 Å². The Kier molecular flexibility index (Phi) is 5.80. The molecule has 3 nitrogen and oxygen atoms in total. The highest BCUT2D eigenvalue weighted by molar-refractivity contribution is 6.73. The van der Waals surface area contributed by atoms with Gasteiger partial charge in [0.25, 0.3) is 0 Å². The molecule has 0 aliphatic carbocycles. The summed E-state index contributed by atoms with van der Waals surface area (Å²) in [4.78, 5) is 0. The zero-order chi connectivity index (χ0) is 31.9. The maximum Gasteiger partial charge on any atom is 0.197 e. The van der Waals surface area contributed by atoms with E-state index in [0.29, 0.717) is 0 Å². The van der Waals surface area contributed by atoms with Crippen molar-refractivity contribution in [3.63, 3.8) is 0 Å². The molecule has 0 saturated carbocycles. The summed E-state index contributed by atoms with van der Waals surface area (Å²) in [5, 5.41) is 8.97. The smallest absolute Gasteiger partial charge is 0.197 e. The van der Waals surface area contributed by atoms with E-state index in [4.69, 9.17) is 0 Å². The van der Waals surface area contributed by atoms with Crippen LogP contribution in [0, 0.1) is 13.8 Å². The van der Waals surface area contributed by atoms with Crippen LogP contribution < -0.4 is 16.2 Å². The summed E-state index contributed by atoms with van der Waals surface area (Å²) >= 11 is 0. The SMILES string of the molecule is Cc1cc(-c2c(Nc3ccccc3C)ccc3c4ccccc4n(-c4ccccc4)c23)c2c(c1)-n1c3ccccc3c3cccc(c31)[B]2. The van der Waals surface area contributed by atoms with Gasteiger partial charge < -0.3 is 14.5 Å². The number of para-hydroxylation sites is 5. The maximum absolute atomic E-state index is 3.91. The van der Waals surface area contributed by atoms with Gasteiger partial charge in [0, 0.05) is 55.4 Å². The lowest BCUT2D eigenvalue weighted by Crippen LogP contribution is -2.37. The van der Waals surface area contributed by atoms with Gasteiger partial charge in [-0.25, -0.2) is 0 Å². The Balaban J connectivity index is 1.37. The minimum Gasteiger partial charge on any atom is -0.355 e. The molecule has 0 amide bonds. The quantitative estimate of drug-likeness (QED) is 0.196. The summed E-state index contributed by atoms with van der Waals surface area (Å²) in [6, 6.07) is 53.0. The van der Waals surface area contributed by atoms with Crippen LogP contribution in [0.3, 0.4) is 0 Å². The van der Waals surface area contributed by atoms with Gasteiger partial charge >= 0.3 is 0 Å². The summed E-state index contributed by atoms with van der Waals surface area (Å²) < 4.78 is 4.95. The molecule has 0 atom stereocenters. The van der Waals surface area contributed by atoms with Crippen LogP contribution in [0.15, 0.2) is 146 Å². The molecule has 1 aliphatic rings. The maximum atomic E-state index is 3.91. The third-order valence-electron chi connectivity index (χ3n) is 10.1. The molecule has 3 heterocycles. The summed E-state index contributed by atoms with van der Waals surface area (Å²) in [7, 11) is 2.41. The highest BCUT2D eigenvalue weighted by atomic mass is 15.0. The third-order valence-corrected chi connectivity index (χ3v) is 10.1. The van der Waals surface area contributed by atoms with E-state index in [0.717, 1.165) is 17.1 Å². The highest BCUT2D eigenvalue weighted by Gasteiger charge is 2.28. The van der Waals surface area contributed by atoms with Gasteiger partial charge in [0.2, 0.25) is 0 Å². The highest BCUT2D eigenvalue weighted by Crippen LogP contribution is 2.44. The molecule has 0 bridgehead atoms. The van der Waals surface area contributed by atoms with Crippen LogP contribution in [0.1, 0.15) is 11.1 Å². The largest absolute Gasteiger partial charge is 0.355 e. The van der Waals surface area contributed by atoms with E-state index < -0.39 is 0 Å². The van der Waals surface area contributed by atoms with Crippen LogP contribution in [0.2, 0.25) is 0 Å². The number of nitrogens with one attached hydrogen (secondary N) is 1. The van der Waals surface area contributed by atoms with Crippen molar-refractivity contribution < 1.29 is 0 Å². The van der Waals surface area contributed by atoms with Gasteiger partial charge in [0.05, 0.1) is 16.6 Å². The molecule has 225 valence electrons. The first kappa shape index (κ1) is 27.1. The van der Waals surface area contributed by atoms with Crippen molar-refractivity contribution in [3.8, 4) is 22.5 Å². The Morgan fingerprint density at radius 1 is 0.521 bits per heavy atom. The average Bonchev–Trinajstić information content (AvgIpc) is 3.64. The molecule has 7 aromatic carbocycles. The van der Waals surface area contributed by atoms with Gasteiger partial charge in [0.1, 0.15) is 0 Å². The van der Waals surface area contributed by atoms with Crippen molar-refractivity contribution in [1.82, 2.24) is 9.13 Å². The number of hydrogen-bond acceptors (Lipinski definition) is 1. The standard InChI is InChI=1S/C44H31BN3/c1-27-25-34(42-40(26-27)48-39-22-11-8-16-30(39)32-18-12-19-35(45-42)43(32)48)41-37(46-36-20-9-6-13-28(36)2)24-23-33-31-17-7-10-21-38(31)47(44(33)41)29-14-4-3-5-15-29/h3-26,46H,1-2H3. The first-order valence-corrected chi connectivity index (χ1v) is 16.6. The fraction of sp³-hybridized carbons (Fsp3) is 0.0455. The number of anilines is 2. The van der Waals surface area contributed by atoms with Crippen molar-refractivity contribution in [2.45, 2.75) is 13.8 Å². The lowest BCUT2D eigenvalue weighted by Gasteiger charge is -2.26. The van der Waals surface area contributed by atoms with Crippen LogP contribution in [-0.4, -0.2) is 16.4 Å². The zero-order valence-electron chi connectivity index (χ0n) is 26.8. The molecule has 0 unspecified atom stereocenters. The van der Waals surface area contributed by atoms with Crippen molar-refractivity contribution >= 4 is 73.2 Å². The van der Waals surface area contributed by atoms with Crippen molar-refractivity contribution in [2.24, 2.45) is 0 Å². The van der Waals surface area contributed by atoms with Gasteiger partial charge in [-0.05, 0) is 78.5 Å². The second-order valence-electron chi connectivity index (χ2n) is 13.0. The van der Waals surface area contributed by atoms with Gasteiger partial charge in [-0.15, -0.1) is 0 Å². The number of aryl methyl sites for hydroxylation is 2. The summed E-state index contributed by atoms with van der Waals surface area (Å²) in [5.74, 6) is 0. The molecule has 0 fully saturated rings. The Bertz CT molecular complexity index is 2750. The molecule has 4 heteroatoms. The predicted molar refractivity (Wildman–Crippen MR) is 205 cm³/mol. The third kappa shape index (κ3) is 3.83. The Hall–Kier alpha value is -6.00. The van der Waals surface area contributed by atoms with E-state index in [1.54, 1.807) is 0 Å². The summed E-state index contributed by atoms with van der Waals surface area (Å²) in [5.41, 5.74) is 16.8. The van der Waals surface area contributed by atoms with Gasteiger partial charge in [-0.3, -0.25) is 0 Å². The number of hydrogen-bond donors (Lipinski definition) is 1. The van der Waals surface area contributed by atoms with Crippen molar-refractivity contribution in [3.05, 3.63) is 157 Å². The van der Waals surface area contributed by atoms with Crippen molar-refractivity contribution in [2.75, 3.05) is 5.32 Å². The fourth-order valence-electron chi connectivity index (χ4n) is 8.03. The number of aromatic nitrogens is 2. The molecule has 1 aliphatic heterocycles. The number of benzene rings is 7. The summed E-state index contributed by atoms with van der Waals surface area (Å²) in [6.07, 6.45) is 0. The number of fused-ring (bicyclic) bond motifs is 8. The fourth-order valence-corrected chi connectivity index (χ4v) is 8.03. The lowest BCUT2D eigenvalue weighted by atomic mass is 9.59. The second kappa shape index (κ2) is 10.3. The molecular formula is C44H31BN3. The van der Waals surface area contributed by atoms with Crippen LogP contribution in [0.25, 0.3) is 66.1 Å². The van der Waals surface area contributed by atoms with E-state index in [9.17, 15) is 0 Å². The normalized spacial score (nSPS) is 12.1. The number of rotatable bonds is 4. The second-order valence-corrected chi connectivity index (χ2v) is 13.0. The van der Waals surface area contributed by atoms with Gasteiger partial charge in [0.15, 0.2) is 7.28 Å². The van der Waals surface area contributed by atoms with Gasteiger partial charge in [-0.2, -0.15) is 0 Å². The van der Waals surface area contributed by atoms with Crippen molar-refractivity contribution in [1.29, 1.82) is 0 Å². The lowest BCUT2D eigenvalue weighted by molar-refractivity contribution is 1.17. The molecule has 48 heavy (non-hydrogen) atoms. The first-order chi connectivity index (χ1) is 23.7. The molecule has 0 saturated heterocycles. The Morgan fingerprint density at radius 3 is 1.98 bits per heavy atom. The van der Waals surface area contributed by atoms with E-state index in [1.807, 2.05) is 0 Å². The van der Waals surface area contributed by atoms with Crippen LogP contribution in [0.4, 0.5) is 11.4 Å². The Morgan fingerprint density at radius 2 is 1.19 bits per heavy atom. The van der Waals surface area contributed by atoms with Gasteiger partial charge in [-0.1, -0.05) is 109 Å². The minimum atomic E-state index is 1.08. The molecular weight excluding hydrogens is 581 g/mol. The number of nitrogens with zero attached hydrogens (tertiary/aromatic N) is 2. The predicted octanol–water partition coefficient (Wildman–Crippen LogP) is 9.88. The zero-order valence-corrected chi connectivity index (χ0v) is 26.8. The molecule has 2 aromatic heterocycles. The topological polar surface area (TPSA) is 21.9 Å². The molecule has 0 spiro atoms.